The van der Waals surface area contributed by atoms with Gasteiger partial charge in [-0.1, -0.05) is 60.7 Å². The van der Waals surface area contributed by atoms with Gasteiger partial charge < -0.3 is 18.9 Å². The molecular weight excluding hydrogens is 508 g/mol. The largest absolute Gasteiger partial charge is 0.472 e. The molecule has 0 aliphatic heterocycles. The number of amides is 1. The zero-order valence-electron chi connectivity index (χ0n) is 22.1. The number of alkyl carbamates (subject to hydrolysis) is 1. The van der Waals surface area contributed by atoms with Crippen LogP contribution in [0.5, 0.6) is 5.88 Å². The molecule has 1 heterocycles. The van der Waals surface area contributed by atoms with Crippen LogP contribution in [0.4, 0.5) is 4.79 Å². The Hall–Kier alpha value is -3.92. The van der Waals surface area contributed by atoms with E-state index < -0.39 is 29.2 Å². The first-order valence-corrected chi connectivity index (χ1v) is 13.0. The maximum absolute atomic E-state index is 13.6. The summed E-state index contributed by atoms with van der Waals surface area (Å²) >= 11 is 0.834. The SMILES string of the molecule is CCOC(=O)C(NC(=O)OC(C)(C)C)(C(=O)OCC)c1snc(OCc2ccccc2)c1-c1ccccc1. The van der Waals surface area contributed by atoms with Gasteiger partial charge >= 0.3 is 18.0 Å². The molecule has 1 amide bonds. The summed E-state index contributed by atoms with van der Waals surface area (Å²) < 4.78 is 26.6. The highest BCUT2D eigenvalue weighted by atomic mass is 32.1. The second-order valence-electron chi connectivity index (χ2n) is 9.15. The van der Waals surface area contributed by atoms with Crippen LogP contribution in [0.2, 0.25) is 0 Å². The molecule has 0 saturated carbocycles. The Labute approximate surface area is 226 Å². The van der Waals surface area contributed by atoms with E-state index in [9.17, 15) is 14.4 Å². The molecule has 0 bridgehead atoms. The van der Waals surface area contributed by atoms with Crippen LogP contribution < -0.4 is 10.1 Å². The van der Waals surface area contributed by atoms with Gasteiger partial charge in [-0.05, 0) is 57.3 Å². The molecule has 3 aromatic rings. The predicted octanol–water partition coefficient (Wildman–Crippen LogP) is 5.24. The molecule has 0 unspecified atom stereocenters. The maximum atomic E-state index is 13.6. The minimum absolute atomic E-state index is 0.0488. The van der Waals surface area contributed by atoms with Crippen molar-refractivity contribution in [1.82, 2.24) is 9.69 Å². The highest BCUT2D eigenvalue weighted by Crippen LogP contribution is 2.43. The summed E-state index contributed by atoms with van der Waals surface area (Å²) in [5, 5.41) is 2.47. The number of ether oxygens (including phenoxy) is 4. The van der Waals surface area contributed by atoms with Crippen molar-refractivity contribution < 1.29 is 33.3 Å². The van der Waals surface area contributed by atoms with Crippen LogP contribution in [-0.4, -0.2) is 41.2 Å². The zero-order valence-corrected chi connectivity index (χ0v) is 22.9. The summed E-state index contributed by atoms with van der Waals surface area (Å²) in [6.07, 6.45) is -1.00. The molecule has 0 aliphatic rings. The fraction of sp³-hybridized carbons (Fsp3) is 0.357. The van der Waals surface area contributed by atoms with Crippen LogP contribution in [0.15, 0.2) is 60.7 Å². The summed E-state index contributed by atoms with van der Waals surface area (Å²) in [6, 6.07) is 18.5. The molecule has 0 atom stereocenters. The van der Waals surface area contributed by atoms with Gasteiger partial charge in [0.15, 0.2) is 0 Å². The van der Waals surface area contributed by atoms with E-state index in [0.717, 1.165) is 17.1 Å². The van der Waals surface area contributed by atoms with E-state index in [1.54, 1.807) is 58.9 Å². The van der Waals surface area contributed by atoms with E-state index in [4.69, 9.17) is 18.9 Å². The topological polar surface area (TPSA) is 113 Å². The molecule has 0 spiro atoms. The van der Waals surface area contributed by atoms with E-state index >= 15 is 0 Å². The van der Waals surface area contributed by atoms with Gasteiger partial charge in [0.2, 0.25) is 5.88 Å². The molecule has 0 saturated heterocycles. The summed E-state index contributed by atoms with van der Waals surface area (Å²) in [5.41, 5.74) is -1.44. The Balaban J connectivity index is 2.22. The lowest BCUT2D eigenvalue weighted by molar-refractivity contribution is -0.166. The lowest BCUT2D eigenvalue weighted by Gasteiger charge is -2.31. The molecule has 38 heavy (non-hydrogen) atoms. The minimum atomic E-state index is -2.40. The Morgan fingerprint density at radius 2 is 1.42 bits per heavy atom. The fourth-order valence-electron chi connectivity index (χ4n) is 3.58. The van der Waals surface area contributed by atoms with Crippen LogP contribution in [0.25, 0.3) is 11.1 Å². The lowest BCUT2D eigenvalue weighted by atomic mass is 9.91. The maximum Gasteiger partial charge on any atom is 0.409 e. The highest BCUT2D eigenvalue weighted by Gasteiger charge is 2.56. The van der Waals surface area contributed by atoms with E-state index in [-0.39, 0.29) is 30.6 Å². The number of rotatable bonds is 10. The molecule has 1 N–H and O–H groups in total. The number of nitrogens with one attached hydrogen (secondary N) is 1. The summed E-state index contributed by atoms with van der Waals surface area (Å²) in [5.74, 6) is -1.87. The van der Waals surface area contributed by atoms with Crippen molar-refractivity contribution in [3.05, 3.63) is 71.1 Å². The number of carbonyl (C=O) groups is 3. The number of aromatic nitrogens is 1. The van der Waals surface area contributed by atoms with Gasteiger partial charge in [0.1, 0.15) is 12.2 Å². The molecule has 202 valence electrons. The summed E-state index contributed by atoms with van der Waals surface area (Å²) in [6.45, 7) is 8.29. The summed E-state index contributed by atoms with van der Waals surface area (Å²) in [7, 11) is 0. The molecule has 9 nitrogen and oxygen atoms in total. The predicted molar refractivity (Wildman–Crippen MR) is 143 cm³/mol. The molecule has 2 aromatic carbocycles. The Morgan fingerprint density at radius 1 is 0.868 bits per heavy atom. The Bertz CT molecular complexity index is 1220. The van der Waals surface area contributed by atoms with Crippen LogP contribution >= 0.6 is 11.5 Å². The molecule has 3 rings (SSSR count). The quantitative estimate of drug-likeness (QED) is 0.211. The van der Waals surface area contributed by atoms with E-state index in [1.807, 2.05) is 36.4 Å². The van der Waals surface area contributed by atoms with E-state index in [2.05, 4.69) is 9.69 Å². The molecule has 10 heteroatoms. The monoisotopic (exact) mass is 540 g/mol. The molecule has 0 radical (unpaired) electrons. The van der Waals surface area contributed by atoms with Crippen LogP contribution in [0, 0.1) is 0 Å². The van der Waals surface area contributed by atoms with Crippen molar-refractivity contribution >= 4 is 29.6 Å². The van der Waals surface area contributed by atoms with E-state index in [0.29, 0.717) is 11.1 Å². The van der Waals surface area contributed by atoms with Gasteiger partial charge in [-0.2, -0.15) is 4.37 Å². The third kappa shape index (κ3) is 6.69. The standard InChI is InChI=1S/C28H32N2O7S/c1-6-34-24(31)28(25(32)35-7-2,29-26(33)37-27(3,4)5)22-21(20-16-12-9-13-17-20)23(30-38-22)36-18-19-14-10-8-11-15-19/h8-17H,6-7,18H2,1-5H3,(H,29,33). The minimum Gasteiger partial charge on any atom is -0.472 e. The van der Waals surface area contributed by atoms with Crippen LogP contribution in [0.1, 0.15) is 45.1 Å². The Morgan fingerprint density at radius 3 is 1.95 bits per heavy atom. The third-order valence-corrected chi connectivity index (χ3v) is 6.08. The highest BCUT2D eigenvalue weighted by molar-refractivity contribution is 7.07. The second-order valence-corrected chi connectivity index (χ2v) is 9.92. The zero-order chi connectivity index (χ0) is 27.8. The van der Waals surface area contributed by atoms with Gasteiger partial charge in [0.05, 0.1) is 23.7 Å². The molecular formula is C28H32N2O7S. The average molecular weight is 541 g/mol. The van der Waals surface area contributed by atoms with Crippen molar-refractivity contribution in [2.75, 3.05) is 13.2 Å². The first kappa shape index (κ1) is 28.6. The van der Waals surface area contributed by atoms with Crippen molar-refractivity contribution in [3.8, 4) is 17.0 Å². The molecule has 0 aliphatic carbocycles. The second kappa shape index (κ2) is 12.6. The number of hydrogen-bond acceptors (Lipinski definition) is 9. The Kier molecular flexibility index (Phi) is 9.46. The van der Waals surface area contributed by atoms with Gasteiger partial charge in [0, 0.05) is 0 Å². The number of benzene rings is 2. The smallest absolute Gasteiger partial charge is 0.409 e. The van der Waals surface area contributed by atoms with Crippen molar-refractivity contribution in [1.29, 1.82) is 0 Å². The van der Waals surface area contributed by atoms with Gasteiger partial charge in [0.25, 0.3) is 5.54 Å². The van der Waals surface area contributed by atoms with Gasteiger partial charge in [-0.3, -0.25) is 5.32 Å². The van der Waals surface area contributed by atoms with Crippen molar-refractivity contribution in [2.45, 2.75) is 52.4 Å². The first-order chi connectivity index (χ1) is 18.1. The van der Waals surface area contributed by atoms with Crippen LogP contribution in [-0.2, 0) is 35.9 Å². The first-order valence-electron chi connectivity index (χ1n) is 12.2. The van der Waals surface area contributed by atoms with E-state index in [1.165, 1.54) is 0 Å². The number of hydrogen-bond donors (Lipinski definition) is 1. The number of carbonyl (C=O) groups excluding carboxylic acids is 3. The fourth-order valence-corrected chi connectivity index (χ4v) is 4.55. The third-order valence-electron chi connectivity index (χ3n) is 5.13. The van der Waals surface area contributed by atoms with Crippen molar-refractivity contribution in [2.24, 2.45) is 0 Å². The average Bonchev–Trinajstić information content (AvgIpc) is 3.30. The molecule has 0 fully saturated rings. The summed E-state index contributed by atoms with van der Waals surface area (Å²) in [4.78, 5) is 40.3. The van der Waals surface area contributed by atoms with Crippen LogP contribution in [0.3, 0.4) is 0 Å². The van der Waals surface area contributed by atoms with Gasteiger partial charge in [-0.25, -0.2) is 14.4 Å². The van der Waals surface area contributed by atoms with Crippen molar-refractivity contribution in [3.63, 3.8) is 0 Å². The lowest BCUT2D eigenvalue weighted by Crippen LogP contribution is -2.59. The number of nitrogens with zero attached hydrogens (tertiary/aromatic N) is 1. The molecule has 1 aromatic heterocycles. The number of esters is 2. The van der Waals surface area contributed by atoms with Gasteiger partial charge in [-0.15, -0.1) is 0 Å². The normalized spacial score (nSPS) is 11.4.